The maximum atomic E-state index is 13.0. The first-order valence-corrected chi connectivity index (χ1v) is 11.2. The fourth-order valence-corrected chi connectivity index (χ4v) is 4.15. The third kappa shape index (κ3) is 4.81. The average molecular weight is 481 g/mol. The van der Waals surface area contributed by atoms with Crippen LogP contribution in [0.1, 0.15) is 22.4 Å². The Hall–Kier alpha value is -4.90. The third-order valence-electron chi connectivity index (χ3n) is 6.02. The Balaban J connectivity index is 1.72. The molecule has 0 aliphatic rings. The van der Waals surface area contributed by atoms with Crippen molar-refractivity contribution in [2.45, 2.75) is 20.4 Å². The summed E-state index contributed by atoms with van der Waals surface area (Å²) in [7, 11) is 1.52. The quantitative estimate of drug-likeness (QED) is 0.156. The van der Waals surface area contributed by atoms with Gasteiger partial charge in [0.15, 0.2) is 0 Å². The van der Waals surface area contributed by atoms with Crippen LogP contribution in [0.15, 0.2) is 72.3 Å². The lowest BCUT2D eigenvalue weighted by atomic mass is 10.1. The first kappa shape index (κ1) is 24.2. The molecule has 0 fully saturated rings. The Bertz CT molecular complexity index is 1540. The Labute approximate surface area is 208 Å². The van der Waals surface area contributed by atoms with Crippen LogP contribution in [0.5, 0.6) is 5.75 Å². The zero-order chi connectivity index (χ0) is 25.8. The molecule has 8 nitrogen and oxygen atoms in total. The summed E-state index contributed by atoms with van der Waals surface area (Å²) in [5.74, 6) is -0.0323. The van der Waals surface area contributed by atoms with Gasteiger partial charge in [-0.15, -0.1) is 0 Å². The van der Waals surface area contributed by atoms with E-state index in [1.807, 2.05) is 50.2 Å². The van der Waals surface area contributed by atoms with Crippen molar-refractivity contribution in [3.63, 3.8) is 0 Å². The predicted octanol–water partition coefficient (Wildman–Crippen LogP) is 5.77. The lowest BCUT2D eigenvalue weighted by molar-refractivity contribution is -0.384. The molecule has 4 aromatic rings. The summed E-state index contributed by atoms with van der Waals surface area (Å²) in [4.78, 5) is 23.6. The van der Waals surface area contributed by atoms with Crippen molar-refractivity contribution >= 4 is 34.3 Å². The number of non-ortho nitro benzene ring substituents is 1. The molecule has 0 aliphatic carbocycles. The van der Waals surface area contributed by atoms with Crippen LogP contribution in [0.2, 0.25) is 0 Å². The van der Waals surface area contributed by atoms with E-state index in [1.54, 1.807) is 30.3 Å². The maximum absolute atomic E-state index is 13.0. The second kappa shape index (κ2) is 10.2. The number of para-hydroxylation sites is 1. The van der Waals surface area contributed by atoms with Gasteiger partial charge in [0.1, 0.15) is 17.4 Å². The number of benzene rings is 3. The number of rotatable bonds is 7. The third-order valence-corrected chi connectivity index (χ3v) is 6.02. The van der Waals surface area contributed by atoms with E-state index in [4.69, 9.17) is 4.74 Å². The summed E-state index contributed by atoms with van der Waals surface area (Å²) in [6.45, 7) is 4.31. The zero-order valence-corrected chi connectivity index (χ0v) is 20.1. The van der Waals surface area contributed by atoms with Gasteiger partial charge >= 0.3 is 0 Å². The highest BCUT2D eigenvalue weighted by atomic mass is 16.6. The zero-order valence-electron chi connectivity index (χ0n) is 20.1. The first-order valence-electron chi connectivity index (χ1n) is 11.2. The lowest BCUT2D eigenvalue weighted by Gasteiger charge is -2.11. The molecule has 0 unspecified atom stereocenters. The molecule has 36 heavy (non-hydrogen) atoms. The van der Waals surface area contributed by atoms with Crippen LogP contribution in [0.3, 0.4) is 0 Å². The number of ether oxygens (including phenoxy) is 1. The van der Waals surface area contributed by atoms with E-state index in [0.717, 1.165) is 33.3 Å². The van der Waals surface area contributed by atoms with E-state index >= 15 is 0 Å². The summed E-state index contributed by atoms with van der Waals surface area (Å²) in [5, 5.41) is 24.5. The molecule has 1 amide bonds. The molecule has 8 heteroatoms. The van der Waals surface area contributed by atoms with Gasteiger partial charge in [0.25, 0.3) is 11.6 Å². The minimum atomic E-state index is -0.534. The van der Waals surface area contributed by atoms with Crippen molar-refractivity contribution in [3.05, 3.63) is 105 Å². The Morgan fingerprint density at radius 2 is 1.86 bits per heavy atom. The maximum Gasteiger partial charge on any atom is 0.269 e. The molecule has 1 heterocycles. The van der Waals surface area contributed by atoms with E-state index in [0.29, 0.717) is 18.0 Å². The molecule has 0 spiro atoms. The van der Waals surface area contributed by atoms with Crippen molar-refractivity contribution < 1.29 is 14.5 Å². The summed E-state index contributed by atoms with van der Waals surface area (Å²) < 4.78 is 7.40. The van der Waals surface area contributed by atoms with Crippen molar-refractivity contribution in [1.82, 2.24) is 4.57 Å². The van der Waals surface area contributed by atoms with Crippen LogP contribution in [-0.4, -0.2) is 22.5 Å². The molecule has 0 saturated carbocycles. The molecule has 0 radical (unpaired) electrons. The van der Waals surface area contributed by atoms with Crippen LogP contribution < -0.4 is 10.1 Å². The summed E-state index contributed by atoms with van der Waals surface area (Å²) in [6.07, 6.45) is 1.60. The van der Waals surface area contributed by atoms with Gasteiger partial charge in [0.2, 0.25) is 0 Å². The topological polar surface area (TPSA) is 110 Å². The highest BCUT2D eigenvalue weighted by Crippen LogP contribution is 2.30. The Morgan fingerprint density at radius 3 is 2.53 bits per heavy atom. The van der Waals surface area contributed by atoms with Crippen molar-refractivity contribution in [2.75, 3.05) is 12.4 Å². The molecule has 0 bridgehead atoms. The van der Waals surface area contributed by atoms with E-state index in [-0.39, 0.29) is 11.3 Å². The minimum Gasteiger partial charge on any atom is -0.495 e. The molecule has 0 aliphatic heterocycles. The first-order chi connectivity index (χ1) is 17.3. The number of nitriles is 1. The normalized spacial score (nSPS) is 11.2. The monoisotopic (exact) mass is 480 g/mol. The second-order valence-electron chi connectivity index (χ2n) is 8.35. The van der Waals surface area contributed by atoms with Crippen LogP contribution >= 0.6 is 0 Å². The van der Waals surface area contributed by atoms with E-state index in [1.165, 1.54) is 19.2 Å². The number of nitro benzene ring substituents is 1. The molecule has 0 atom stereocenters. The molecule has 4 rings (SSSR count). The van der Waals surface area contributed by atoms with Crippen LogP contribution in [0.25, 0.3) is 17.0 Å². The van der Waals surface area contributed by atoms with E-state index < -0.39 is 10.8 Å². The van der Waals surface area contributed by atoms with Gasteiger partial charge in [-0.2, -0.15) is 5.26 Å². The summed E-state index contributed by atoms with van der Waals surface area (Å²) in [5.41, 5.74) is 4.87. The lowest BCUT2D eigenvalue weighted by Crippen LogP contribution is -2.14. The van der Waals surface area contributed by atoms with Gasteiger partial charge in [-0.1, -0.05) is 36.4 Å². The fourth-order valence-electron chi connectivity index (χ4n) is 4.15. The van der Waals surface area contributed by atoms with Crippen molar-refractivity contribution in [3.8, 4) is 11.8 Å². The van der Waals surface area contributed by atoms with Gasteiger partial charge in [-0.05, 0) is 49.2 Å². The smallest absolute Gasteiger partial charge is 0.269 e. The number of carbonyl (C=O) groups excluding carboxylic acids is 1. The Morgan fingerprint density at radius 1 is 1.14 bits per heavy atom. The van der Waals surface area contributed by atoms with E-state index in [2.05, 4.69) is 9.88 Å². The summed E-state index contributed by atoms with van der Waals surface area (Å²) in [6, 6.07) is 21.6. The number of nitro groups is 1. The van der Waals surface area contributed by atoms with Gasteiger partial charge in [0.05, 0.1) is 17.7 Å². The molecule has 1 N–H and O–H groups in total. The highest BCUT2D eigenvalue weighted by Gasteiger charge is 2.17. The molecule has 180 valence electrons. The molecule has 3 aromatic carbocycles. The minimum absolute atomic E-state index is 0.0337. The highest BCUT2D eigenvalue weighted by molar-refractivity contribution is 6.11. The molecular weight excluding hydrogens is 456 g/mol. The van der Waals surface area contributed by atoms with E-state index in [9.17, 15) is 20.2 Å². The number of aromatic nitrogens is 1. The molecular formula is C28H24N4O4. The predicted molar refractivity (Wildman–Crippen MR) is 139 cm³/mol. The number of amides is 1. The second-order valence-corrected chi connectivity index (χ2v) is 8.35. The van der Waals surface area contributed by atoms with Gasteiger partial charge < -0.3 is 14.6 Å². The van der Waals surface area contributed by atoms with Crippen LogP contribution in [0, 0.1) is 35.3 Å². The average Bonchev–Trinajstić information content (AvgIpc) is 3.13. The number of fused-ring (bicyclic) bond motifs is 1. The van der Waals surface area contributed by atoms with Crippen molar-refractivity contribution in [2.24, 2.45) is 0 Å². The number of nitrogens with one attached hydrogen (secondary N) is 1. The number of carbonyl (C=O) groups is 1. The number of aryl methyl sites for hydroxylation is 1. The number of anilines is 1. The van der Waals surface area contributed by atoms with Crippen molar-refractivity contribution in [1.29, 1.82) is 5.26 Å². The Kier molecular flexibility index (Phi) is 6.84. The standard InChI is InChI=1S/C28H24N4O4/c1-18-8-13-27(36-3)25(14-18)30-28(33)21(16-29)15-24-19(2)31(26-7-5-4-6-23(24)26)17-20-9-11-22(12-10-20)32(34)35/h4-15H,17H2,1-3H3,(H,30,33)/b21-15+. The summed E-state index contributed by atoms with van der Waals surface area (Å²) >= 11 is 0. The van der Waals surface area contributed by atoms with Crippen LogP contribution in [0.4, 0.5) is 11.4 Å². The largest absolute Gasteiger partial charge is 0.495 e. The van der Waals surface area contributed by atoms with Crippen LogP contribution in [-0.2, 0) is 11.3 Å². The molecule has 1 aromatic heterocycles. The number of hydrogen-bond donors (Lipinski definition) is 1. The molecule has 0 saturated heterocycles. The number of methoxy groups -OCH3 is 1. The van der Waals surface area contributed by atoms with Gasteiger partial charge in [-0.25, -0.2) is 0 Å². The van der Waals surface area contributed by atoms with Gasteiger partial charge in [-0.3, -0.25) is 14.9 Å². The number of nitrogens with zero attached hydrogens (tertiary/aromatic N) is 3. The fraction of sp³-hybridized carbons (Fsp3) is 0.143. The van der Waals surface area contributed by atoms with Gasteiger partial charge in [0, 0.05) is 40.8 Å². The SMILES string of the molecule is COc1ccc(C)cc1NC(=O)/C(C#N)=C/c1c(C)n(Cc2ccc([N+](=O)[O-])cc2)c2ccccc12. The number of hydrogen-bond acceptors (Lipinski definition) is 5.